The maximum atomic E-state index is 12.1. The molecule has 0 radical (unpaired) electrons. The van der Waals surface area contributed by atoms with Crippen LogP contribution in [-0.4, -0.2) is 53.4 Å². The number of ether oxygens (including phenoxy) is 1. The Hall–Kier alpha value is -1.40. The summed E-state index contributed by atoms with van der Waals surface area (Å²) in [6, 6.07) is 2.33. The predicted octanol–water partition coefficient (Wildman–Crippen LogP) is 1.27. The van der Waals surface area contributed by atoms with Gasteiger partial charge >= 0.3 is 0 Å². The second-order valence-corrected chi connectivity index (χ2v) is 5.54. The predicted molar refractivity (Wildman–Crippen MR) is 75.6 cm³/mol. The summed E-state index contributed by atoms with van der Waals surface area (Å²) in [5, 5.41) is 7.36. The molecule has 0 atom stereocenters. The lowest BCUT2D eigenvalue weighted by molar-refractivity contribution is -0.118. The van der Waals surface area contributed by atoms with Crippen LogP contribution >= 0.6 is 0 Å². The number of rotatable bonds is 4. The topological polar surface area (TPSA) is 59.4 Å². The number of morpholine rings is 1. The number of nitrogens with zero attached hydrogens (tertiary/aromatic N) is 3. The molecule has 1 aliphatic heterocycles. The minimum atomic E-state index is 0.0339. The number of carbonyl (C=O) groups excluding carboxylic acids is 1. The number of hydrogen-bond acceptors (Lipinski definition) is 4. The monoisotopic (exact) mass is 278 g/mol. The number of carbonyl (C=O) groups is 1. The van der Waals surface area contributed by atoms with E-state index in [1.165, 1.54) is 12.8 Å². The summed E-state index contributed by atoms with van der Waals surface area (Å²) in [6.07, 6.45) is 6.60. The van der Waals surface area contributed by atoms with Crippen molar-refractivity contribution in [1.29, 1.82) is 0 Å². The van der Waals surface area contributed by atoms with Crippen molar-refractivity contribution in [3.8, 4) is 0 Å². The maximum absolute atomic E-state index is 12.1. The minimum absolute atomic E-state index is 0.0339. The molecule has 1 saturated carbocycles. The molecule has 2 fully saturated rings. The van der Waals surface area contributed by atoms with Crippen molar-refractivity contribution in [1.82, 2.24) is 14.7 Å². The van der Waals surface area contributed by atoms with Gasteiger partial charge in [-0.3, -0.25) is 9.69 Å². The van der Waals surface area contributed by atoms with Crippen LogP contribution in [0.4, 0.5) is 5.82 Å². The van der Waals surface area contributed by atoms with Crippen LogP contribution in [0.3, 0.4) is 0 Å². The Morgan fingerprint density at radius 3 is 2.85 bits per heavy atom. The summed E-state index contributed by atoms with van der Waals surface area (Å²) in [7, 11) is 0. The fraction of sp³-hybridized carbons (Fsp3) is 0.714. The third kappa shape index (κ3) is 3.19. The molecule has 110 valence electrons. The molecule has 1 aliphatic carbocycles. The van der Waals surface area contributed by atoms with Crippen molar-refractivity contribution in [2.75, 3.05) is 38.2 Å². The van der Waals surface area contributed by atoms with Crippen LogP contribution in [0.1, 0.15) is 31.7 Å². The number of anilines is 1. The van der Waals surface area contributed by atoms with Crippen molar-refractivity contribution < 1.29 is 9.53 Å². The van der Waals surface area contributed by atoms with Crippen molar-refractivity contribution in [3.63, 3.8) is 0 Å². The van der Waals surface area contributed by atoms with E-state index in [-0.39, 0.29) is 5.91 Å². The second-order valence-electron chi connectivity index (χ2n) is 5.54. The summed E-state index contributed by atoms with van der Waals surface area (Å²) in [5.41, 5.74) is 0. The highest BCUT2D eigenvalue weighted by molar-refractivity contribution is 5.91. The highest BCUT2D eigenvalue weighted by atomic mass is 16.5. The normalized spacial score (nSPS) is 21.2. The molecule has 2 heterocycles. The number of amides is 1. The first-order chi connectivity index (χ1) is 9.83. The van der Waals surface area contributed by atoms with Gasteiger partial charge in [0.15, 0.2) is 0 Å². The van der Waals surface area contributed by atoms with Gasteiger partial charge in [-0.25, -0.2) is 4.68 Å². The average molecular weight is 278 g/mol. The fourth-order valence-electron chi connectivity index (χ4n) is 3.00. The van der Waals surface area contributed by atoms with E-state index >= 15 is 0 Å². The van der Waals surface area contributed by atoms with E-state index in [4.69, 9.17) is 4.74 Å². The molecule has 6 heteroatoms. The van der Waals surface area contributed by atoms with Crippen molar-refractivity contribution >= 4 is 11.7 Å². The lowest BCUT2D eigenvalue weighted by Gasteiger charge is -2.26. The zero-order valence-corrected chi connectivity index (χ0v) is 11.8. The molecule has 20 heavy (non-hydrogen) atoms. The fourth-order valence-corrected chi connectivity index (χ4v) is 3.00. The molecule has 3 rings (SSSR count). The Balaban J connectivity index is 1.56. The zero-order valence-electron chi connectivity index (χ0n) is 11.8. The summed E-state index contributed by atoms with van der Waals surface area (Å²) in [4.78, 5) is 14.2. The minimum Gasteiger partial charge on any atom is -0.379 e. The molecule has 0 unspecified atom stereocenters. The third-order valence-electron chi connectivity index (χ3n) is 4.08. The van der Waals surface area contributed by atoms with Gasteiger partial charge in [0.2, 0.25) is 5.91 Å². The Kier molecular flexibility index (Phi) is 4.32. The Morgan fingerprint density at radius 1 is 1.35 bits per heavy atom. The number of nitrogens with one attached hydrogen (secondary N) is 1. The van der Waals surface area contributed by atoms with Crippen LogP contribution in [-0.2, 0) is 9.53 Å². The Morgan fingerprint density at radius 2 is 2.10 bits per heavy atom. The lowest BCUT2D eigenvalue weighted by atomic mass is 10.2. The highest BCUT2D eigenvalue weighted by Gasteiger charge is 2.21. The molecule has 2 aliphatic rings. The largest absolute Gasteiger partial charge is 0.379 e. The summed E-state index contributed by atoms with van der Waals surface area (Å²) < 4.78 is 7.26. The van der Waals surface area contributed by atoms with Crippen LogP contribution < -0.4 is 5.32 Å². The zero-order chi connectivity index (χ0) is 13.8. The van der Waals surface area contributed by atoms with Gasteiger partial charge in [-0.1, -0.05) is 12.8 Å². The standard InChI is InChI=1S/C14H22N4O2/c19-14(11-17-7-9-20-10-8-17)16-13-5-6-15-18(13)12-3-1-2-4-12/h5-6,12H,1-4,7-11H2,(H,16,19). The first-order valence-electron chi connectivity index (χ1n) is 7.46. The van der Waals surface area contributed by atoms with E-state index < -0.39 is 0 Å². The summed E-state index contributed by atoms with van der Waals surface area (Å²) in [5.74, 6) is 0.863. The van der Waals surface area contributed by atoms with Crippen LogP contribution in [0.2, 0.25) is 0 Å². The molecule has 0 aromatic carbocycles. The van der Waals surface area contributed by atoms with Gasteiger partial charge in [0, 0.05) is 19.2 Å². The van der Waals surface area contributed by atoms with Gasteiger partial charge in [0.1, 0.15) is 5.82 Å². The van der Waals surface area contributed by atoms with Gasteiger partial charge in [0.25, 0.3) is 0 Å². The molecule has 1 saturated heterocycles. The van der Waals surface area contributed by atoms with Crippen LogP contribution in [0.15, 0.2) is 12.3 Å². The molecule has 0 bridgehead atoms. The van der Waals surface area contributed by atoms with Gasteiger partial charge in [-0.05, 0) is 12.8 Å². The van der Waals surface area contributed by atoms with E-state index in [9.17, 15) is 4.79 Å². The molecule has 1 aromatic heterocycles. The van der Waals surface area contributed by atoms with Crippen molar-refractivity contribution in [2.24, 2.45) is 0 Å². The average Bonchev–Trinajstić information content (AvgIpc) is 3.10. The molecule has 1 N–H and O–H groups in total. The van der Waals surface area contributed by atoms with Gasteiger partial charge in [-0.2, -0.15) is 5.10 Å². The number of hydrogen-bond donors (Lipinski definition) is 1. The SMILES string of the molecule is O=C(CN1CCOCC1)Nc1ccnn1C1CCCC1. The Bertz CT molecular complexity index is 448. The van der Waals surface area contributed by atoms with Crippen molar-refractivity contribution in [3.05, 3.63) is 12.3 Å². The lowest BCUT2D eigenvalue weighted by Crippen LogP contribution is -2.41. The molecule has 1 amide bonds. The molecular weight excluding hydrogens is 256 g/mol. The second kappa shape index (κ2) is 6.37. The first-order valence-corrected chi connectivity index (χ1v) is 7.46. The smallest absolute Gasteiger partial charge is 0.239 e. The van der Waals surface area contributed by atoms with Gasteiger partial charge in [-0.15, -0.1) is 0 Å². The number of aromatic nitrogens is 2. The maximum Gasteiger partial charge on any atom is 0.239 e. The quantitative estimate of drug-likeness (QED) is 0.901. The van der Waals surface area contributed by atoms with Crippen LogP contribution in [0.25, 0.3) is 0 Å². The molecule has 0 spiro atoms. The highest BCUT2D eigenvalue weighted by Crippen LogP contribution is 2.31. The van der Waals surface area contributed by atoms with E-state index in [0.717, 1.165) is 31.7 Å². The van der Waals surface area contributed by atoms with Crippen molar-refractivity contribution in [2.45, 2.75) is 31.7 Å². The van der Waals surface area contributed by atoms with E-state index in [1.54, 1.807) is 6.20 Å². The summed E-state index contributed by atoms with van der Waals surface area (Å²) >= 11 is 0. The first kappa shape index (κ1) is 13.6. The summed E-state index contributed by atoms with van der Waals surface area (Å²) in [6.45, 7) is 3.52. The third-order valence-corrected chi connectivity index (χ3v) is 4.08. The molecule has 6 nitrogen and oxygen atoms in total. The van der Waals surface area contributed by atoms with Crippen LogP contribution in [0.5, 0.6) is 0 Å². The molecular formula is C14H22N4O2. The van der Waals surface area contributed by atoms with E-state index in [2.05, 4.69) is 15.3 Å². The van der Waals surface area contributed by atoms with E-state index in [0.29, 0.717) is 25.8 Å². The Labute approximate surface area is 119 Å². The molecule has 1 aromatic rings. The van der Waals surface area contributed by atoms with E-state index in [1.807, 2.05) is 10.7 Å². The van der Waals surface area contributed by atoms with Crippen LogP contribution in [0, 0.1) is 0 Å². The van der Waals surface area contributed by atoms with Gasteiger partial charge in [0.05, 0.1) is 32.0 Å². The van der Waals surface area contributed by atoms with Gasteiger partial charge < -0.3 is 10.1 Å².